The molecule has 0 saturated carbocycles. The number of guanidine groups is 1. The second-order valence-corrected chi connectivity index (χ2v) is 8.52. The number of nitrogens with one attached hydrogen (secondary N) is 2. The number of aliphatic imine (C=N–C) groups is 1. The van der Waals surface area contributed by atoms with E-state index in [4.69, 9.17) is 4.74 Å². The minimum absolute atomic E-state index is 0.0704. The molecule has 2 N–H and O–H groups in total. The monoisotopic (exact) mass is 360 g/mol. The number of benzene rings is 1. The van der Waals surface area contributed by atoms with Crippen molar-refractivity contribution in [2.75, 3.05) is 46.4 Å². The number of hydrogen-bond acceptors (Lipinski definition) is 3. The zero-order valence-corrected chi connectivity index (χ0v) is 17.1. The first-order chi connectivity index (χ1) is 12.3. The molecular formula is C21H36N4O. The van der Waals surface area contributed by atoms with Crippen molar-refractivity contribution in [2.24, 2.45) is 10.4 Å². The molecule has 2 rings (SSSR count). The Labute approximate surface area is 159 Å². The Morgan fingerprint density at radius 2 is 1.65 bits per heavy atom. The third-order valence-corrected chi connectivity index (χ3v) is 5.04. The van der Waals surface area contributed by atoms with Gasteiger partial charge in [0, 0.05) is 38.8 Å². The zero-order valence-electron chi connectivity index (χ0n) is 17.1. The van der Waals surface area contributed by atoms with Gasteiger partial charge in [-0.3, -0.25) is 9.89 Å². The molecule has 0 unspecified atom stereocenters. The number of nitrogens with zero attached hydrogens (tertiary/aromatic N) is 2. The standard InChI is InChI=1S/C21H36N4O/c1-20(2,15-18-9-7-6-8-10-18)16-23-19(22-5)24-17-21(3,4)25-11-13-26-14-12-25/h6-10H,11-17H2,1-5H3,(H2,22,23,24). The van der Waals surface area contributed by atoms with Crippen LogP contribution in [0.15, 0.2) is 35.3 Å². The van der Waals surface area contributed by atoms with Crippen molar-refractivity contribution in [3.8, 4) is 0 Å². The van der Waals surface area contributed by atoms with Crippen LogP contribution in [0.1, 0.15) is 33.3 Å². The second-order valence-electron chi connectivity index (χ2n) is 8.52. The highest BCUT2D eigenvalue weighted by Crippen LogP contribution is 2.20. The Kier molecular flexibility index (Phi) is 7.47. The molecule has 0 aliphatic carbocycles. The van der Waals surface area contributed by atoms with Gasteiger partial charge < -0.3 is 15.4 Å². The quantitative estimate of drug-likeness (QED) is 0.579. The molecule has 1 aliphatic rings. The molecule has 146 valence electrons. The van der Waals surface area contributed by atoms with Crippen LogP contribution in [0.25, 0.3) is 0 Å². The van der Waals surface area contributed by atoms with Gasteiger partial charge in [0.25, 0.3) is 0 Å². The molecule has 1 aliphatic heterocycles. The predicted molar refractivity (Wildman–Crippen MR) is 110 cm³/mol. The molecule has 1 heterocycles. The molecule has 1 aromatic rings. The summed E-state index contributed by atoms with van der Waals surface area (Å²) < 4.78 is 5.47. The summed E-state index contributed by atoms with van der Waals surface area (Å²) in [5.74, 6) is 0.868. The van der Waals surface area contributed by atoms with Crippen LogP contribution in [0.4, 0.5) is 0 Å². The zero-order chi connectivity index (χ0) is 19.0. The fraction of sp³-hybridized carbons (Fsp3) is 0.667. The summed E-state index contributed by atoms with van der Waals surface area (Å²) in [6.07, 6.45) is 1.04. The van der Waals surface area contributed by atoms with Crippen molar-refractivity contribution in [2.45, 2.75) is 39.7 Å². The molecule has 5 nitrogen and oxygen atoms in total. The van der Waals surface area contributed by atoms with Gasteiger partial charge in [-0.1, -0.05) is 44.2 Å². The Bertz CT molecular complexity index is 563. The van der Waals surface area contributed by atoms with Crippen molar-refractivity contribution in [3.05, 3.63) is 35.9 Å². The van der Waals surface area contributed by atoms with Crippen LogP contribution in [-0.2, 0) is 11.2 Å². The highest BCUT2D eigenvalue weighted by Gasteiger charge is 2.28. The van der Waals surface area contributed by atoms with Crippen molar-refractivity contribution in [3.63, 3.8) is 0 Å². The van der Waals surface area contributed by atoms with Crippen LogP contribution in [0.3, 0.4) is 0 Å². The number of rotatable bonds is 7. The highest BCUT2D eigenvalue weighted by molar-refractivity contribution is 5.79. The van der Waals surface area contributed by atoms with Crippen molar-refractivity contribution >= 4 is 5.96 Å². The largest absolute Gasteiger partial charge is 0.379 e. The minimum Gasteiger partial charge on any atom is -0.379 e. The normalized spacial score (nSPS) is 17.2. The number of hydrogen-bond donors (Lipinski definition) is 2. The van der Waals surface area contributed by atoms with Crippen LogP contribution in [-0.4, -0.2) is 62.8 Å². The Balaban J connectivity index is 1.81. The third kappa shape index (κ3) is 6.61. The first-order valence-electron chi connectivity index (χ1n) is 9.64. The maximum Gasteiger partial charge on any atom is 0.191 e. The van der Waals surface area contributed by atoms with Crippen LogP contribution in [0.2, 0.25) is 0 Å². The second kappa shape index (κ2) is 9.38. The molecule has 0 radical (unpaired) electrons. The molecule has 1 saturated heterocycles. The van der Waals surface area contributed by atoms with Gasteiger partial charge in [-0.2, -0.15) is 0 Å². The average Bonchev–Trinajstić information content (AvgIpc) is 2.63. The van der Waals surface area contributed by atoms with Crippen LogP contribution >= 0.6 is 0 Å². The predicted octanol–water partition coefficient (Wildman–Crippen LogP) is 2.53. The maximum atomic E-state index is 5.47. The molecule has 0 spiro atoms. The lowest BCUT2D eigenvalue weighted by atomic mass is 9.86. The van der Waals surface area contributed by atoms with E-state index in [9.17, 15) is 0 Å². The molecule has 0 bridgehead atoms. The lowest BCUT2D eigenvalue weighted by Crippen LogP contribution is -2.56. The fourth-order valence-corrected chi connectivity index (χ4v) is 3.34. The van der Waals surface area contributed by atoms with Crippen molar-refractivity contribution in [1.29, 1.82) is 0 Å². The van der Waals surface area contributed by atoms with Gasteiger partial charge in [-0.05, 0) is 31.2 Å². The molecule has 0 atom stereocenters. The summed E-state index contributed by atoms with van der Waals surface area (Å²) in [4.78, 5) is 6.88. The molecule has 26 heavy (non-hydrogen) atoms. The SMILES string of the molecule is CN=C(NCC(C)(C)Cc1ccccc1)NCC(C)(C)N1CCOCC1. The maximum absolute atomic E-state index is 5.47. The van der Waals surface area contributed by atoms with E-state index in [-0.39, 0.29) is 11.0 Å². The first kappa shape index (κ1) is 20.7. The van der Waals surface area contributed by atoms with Gasteiger partial charge in [-0.15, -0.1) is 0 Å². The van der Waals surface area contributed by atoms with Gasteiger partial charge in [-0.25, -0.2) is 0 Å². The van der Waals surface area contributed by atoms with Gasteiger partial charge >= 0.3 is 0 Å². The van der Waals surface area contributed by atoms with E-state index < -0.39 is 0 Å². The number of ether oxygens (including phenoxy) is 1. The lowest BCUT2D eigenvalue weighted by Gasteiger charge is -2.41. The van der Waals surface area contributed by atoms with Crippen molar-refractivity contribution < 1.29 is 4.74 Å². The van der Waals surface area contributed by atoms with E-state index in [2.05, 4.69) is 78.6 Å². The Hall–Kier alpha value is -1.59. The van der Waals surface area contributed by atoms with Crippen LogP contribution in [0, 0.1) is 5.41 Å². The van der Waals surface area contributed by atoms with E-state index in [0.29, 0.717) is 0 Å². The van der Waals surface area contributed by atoms with Gasteiger partial charge in [0.2, 0.25) is 0 Å². The van der Waals surface area contributed by atoms with Crippen molar-refractivity contribution in [1.82, 2.24) is 15.5 Å². The smallest absolute Gasteiger partial charge is 0.191 e. The molecule has 1 fully saturated rings. The summed E-state index contributed by atoms with van der Waals surface area (Å²) in [6.45, 7) is 14.5. The topological polar surface area (TPSA) is 48.9 Å². The number of morpholine rings is 1. The van der Waals surface area contributed by atoms with E-state index >= 15 is 0 Å². The van der Waals surface area contributed by atoms with Gasteiger partial charge in [0.1, 0.15) is 0 Å². The van der Waals surface area contributed by atoms with E-state index in [1.54, 1.807) is 0 Å². The summed E-state index contributed by atoms with van der Waals surface area (Å²) >= 11 is 0. The highest BCUT2D eigenvalue weighted by atomic mass is 16.5. The van der Waals surface area contributed by atoms with Gasteiger partial charge in [0.05, 0.1) is 13.2 Å². The summed E-state index contributed by atoms with van der Waals surface area (Å²) in [5.41, 5.74) is 1.59. The van der Waals surface area contributed by atoms with E-state index in [1.165, 1.54) is 5.56 Å². The summed E-state index contributed by atoms with van der Waals surface area (Å²) in [6, 6.07) is 10.7. The molecule has 5 heteroatoms. The Morgan fingerprint density at radius 1 is 1.04 bits per heavy atom. The van der Waals surface area contributed by atoms with Crippen LogP contribution < -0.4 is 10.6 Å². The first-order valence-corrected chi connectivity index (χ1v) is 9.64. The average molecular weight is 361 g/mol. The molecule has 1 aromatic carbocycles. The molecular weight excluding hydrogens is 324 g/mol. The summed E-state index contributed by atoms with van der Waals surface area (Å²) in [7, 11) is 1.83. The third-order valence-electron chi connectivity index (χ3n) is 5.04. The lowest BCUT2D eigenvalue weighted by molar-refractivity contribution is -0.00834. The van der Waals surface area contributed by atoms with E-state index in [1.807, 2.05) is 7.05 Å². The molecule has 0 aromatic heterocycles. The van der Waals surface area contributed by atoms with E-state index in [0.717, 1.165) is 51.8 Å². The van der Waals surface area contributed by atoms with Crippen LogP contribution in [0.5, 0.6) is 0 Å². The summed E-state index contributed by atoms with van der Waals surface area (Å²) in [5, 5.41) is 7.00. The minimum atomic E-state index is 0.0704. The fourth-order valence-electron chi connectivity index (χ4n) is 3.34. The Morgan fingerprint density at radius 3 is 2.27 bits per heavy atom. The molecule has 0 amide bonds. The van der Waals surface area contributed by atoms with Gasteiger partial charge in [0.15, 0.2) is 5.96 Å².